The van der Waals surface area contributed by atoms with Crippen molar-refractivity contribution in [3.05, 3.63) is 35.6 Å². The van der Waals surface area contributed by atoms with Crippen LogP contribution in [0, 0.1) is 11.7 Å². The molecular formula is C17H26ClFN2O. The van der Waals surface area contributed by atoms with E-state index >= 15 is 0 Å². The summed E-state index contributed by atoms with van der Waals surface area (Å²) >= 11 is 0. The van der Waals surface area contributed by atoms with Crippen LogP contribution in [0.4, 0.5) is 4.39 Å². The van der Waals surface area contributed by atoms with Gasteiger partial charge in [-0.2, -0.15) is 0 Å². The summed E-state index contributed by atoms with van der Waals surface area (Å²) in [6.07, 6.45) is 3.92. The highest BCUT2D eigenvalue weighted by Gasteiger charge is 2.34. The fraction of sp³-hybridized carbons (Fsp3) is 0.588. The normalized spacial score (nSPS) is 16.5. The first-order valence-electron chi connectivity index (χ1n) is 7.75. The SMILES string of the molecule is CCCC(C)(N)C(=O)N(Cc1ccc(F)cc1)CC1CC1.Cl. The highest BCUT2D eigenvalue weighted by atomic mass is 35.5. The molecule has 0 saturated heterocycles. The molecule has 1 aromatic carbocycles. The van der Waals surface area contributed by atoms with Gasteiger partial charge >= 0.3 is 0 Å². The van der Waals surface area contributed by atoms with E-state index in [1.54, 1.807) is 12.1 Å². The van der Waals surface area contributed by atoms with Crippen molar-refractivity contribution in [2.75, 3.05) is 6.54 Å². The molecule has 1 atom stereocenters. The quantitative estimate of drug-likeness (QED) is 0.832. The van der Waals surface area contributed by atoms with Crippen LogP contribution in [0.25, 0.3) is 0 Å². The van der Waals surface area contributed by atoms with E-state index < -0.39 is 5.54 Å². The molecule has 0 heterocycles. The van der Waals surface area contributed by atoms with Crippen LogP contribution in [0.5, 0.6) is 0 Å². The van der Waals surface area contributed by atoms with Crippen molar-refractivity contribution in [1.29, 1.82) is 0 Å². The Hall–Kier alpha value is -1.13. The van der Waals surface area contributed by atoms with Crippen LogP contribution in [0.15, 0.2) is 24.3 Å². The minimum absolute atomic E-state index is 0. The van der Waals surface area contributed by atoms with Gasteiger partial charge in [-0.1, -0.05) is 25.5 Å². The first-order chi connectivity index (χ1) is 9.92. The molecule has 2 N–H and O–H groups in total. The number of hydrogen-bond acceptors (Lipinski definition) is 2. The predicted octanol–water partition coefficient (Wildman–Crippen LogP) is 3.50. The van der Waals surface area contributed by atoms with Crippen molar-refractivity contribution in [2.24, 2.45) is 11.7 Å². The molecule has 0 spiro atoms. The molecule has 1 saturated carbocycles. The molecule has 0 bridgehead atoms. The highest BCUT2D eigenvalue weighted by molar-refractivity contribution is 5.86. The molecule has 1 aliphatic rings. The maximum atomic E-state index is 13.0. The average Bonchev–Trinajstić information content (AvgIpc) is 3.23. The molecule has 0 aromatic heterocycles. The van der Waals surface area contributed by atoms with Gasteiger partial charge in [-0.05, 0) is 49.8 Å². The van der Waals surface area contributed by atoms with Crippen LogP contribution in [-0.2, 0) is 11.3 Å². The zero-order valence-electron chi connectivity index (χ0n) is 13.3. The molecule has 22 heavy (non-hydrogen) atoms. The third kappa shape index (κ3) is 5.25. The first kappa shape index (κ1) is 18.9. The van der Waals surface area contributed by atoms with Crippen LogP contribution >= 0.6 is 12.4 Å². The van der Waals surface area contributed by atoms with Crippen LogP contribution in [0.1, 0.15) is 45.1 Å². The van der Waals surface area contributed by atoms with E-state index in [1.165, 1.54) is 25.0 Å². The Morgan fingerprint density at radius 2 is 1.95 bits per heavy atom. The number of carbonyl (C=O) groups is 1. The summed E-state index contributed by atoms with van der Waals surface area (Å²) in [5, 5.41) is 0. The van der Waals surface area contributed by atoms with Crippen molar-refractivity contribution in [1.82, 2.24) is 4.90 Å². The predicted molar refractivity (Wildman–Crippen MR) is 89.3 cm³/mol. The van der Waals surface area contributed by atoms with Gasteiger partial charge in [0.2, 0.25) is 5.91 Å². The molecule has 5 heteroatoms. The van der Waals surface area contributed by atoms with Gasteiger partial charge in [0.1, 0.15) is 5.82 Å². The molecule has 1 aliphatic carbocycles. The highest BCUT2D eigenvalue weighted by Crippen LogP contribution is 2.31. The lowest BCUT2D eigenvalue weighted by Crippen LogP contribution is -2.53. The molecule has 2 rings (SSSR count). The average molecular weight is 329 g/mol. The largest absolute Gasteiger partial charge is 0.337 e. The molecule has 0 radical (unpaired) electrons. The Morgan fingerprint density at radius 3 is 2.45 bits per heavy atom. The van der Waals surface area contributed by atoms with Crippen molar-refractivity contribution in [3.8, 4) is 0 Å². The Balaban J connectivity index is 0.00000242. The number of hydrogen-bond donors (Lipinski definition) is 1. The number of halogens is 2. The summed E-state index contributed by atoms with van der Waals surface area (Å²) in [5.74, 6) is 0.348. The topological polar surface area (TPSA) is 46.3 Å². The summed E-state index contributed by atoms with van der Waals surface area (Å²) in [5.41, 5.74) is 6.32. The molecule has 1 aromatic rings. The molecule has 3 nitrogen and oxygen atoms in total. The van der Waals surface area contributed by atoms with E-state index in [9.17, 15) is 9.18 Å². The fourth-order valence-electron chi connectivity index (χ4n) is 2.63. The zero-order valence-corrected chi connectivity index (χ0v) is 14.2. The Labute approximate surface area is 138 Å². The minimum atomic E-state index is -0.816. The van der Waals surface area contributed by atoms with Crippen molar-refractivity contribution >= 4 is 18.3 Å². The van der Waals surface area contributed by atoms with Crippen LogP contribution in [0.3, 0.4) is 0 Å². The van der Waals surface area contributed by atoms with Gasteiger partial charge < -0.3 is 10.6 Å². The monoisotopic (exact) mass is 328 g/mol. The van der Waals surface area contributed by atoms with Gasteiger partial charge in [-0.15, -0.1) is 12.4 Å². The van der Waals surface area contributed by atoms with E-state index in [0.29, 0.717) is 18.9 Å². The molecule has 0 aliphatic heterocycles. The summed E-state index contributed by atoms with van der Waals surface area (Å²) in [4.78, 5) is 14.6. The Kier molecular flexibility index (Phi) is 6.82. The van der Waals surface area contributed by atoms with Gasteiger partial charge in [0.15, 0.2) is 0 Å². The number of amides is 1. The lowest BCUT2D eigenvalue weighted by Gasteiger charge is -2.32. The summed E-state index contributed by atoms with van der Waals surface area (Å²) in [6, 6.07) is 6.33. The Morgan fingerprint density at radius 1 is 1.36 bits per heavy atom. The summed E-state index contributed by atoms with van der Waals surface area (Å²) in [6.45, 7) is 5.10. The number of benzene rings is 1. The molecular weight excluding hydrogens is 303 g/mol. The van der Waals surface area contributed by atoms with E-state index in [4.69, 9.17) is 5.73 Å². The second kappa shape index (κ2) is 7.93. The van der Waals surface area contributed by atoms with Gasteiger partial charge in [-0.3, -0.25) is 4.79 Å². The zero-order chi connectivity index (χ0) is 15.5. The third-order valence-corrected chi connectivity index (χ3v) is 4.01. The van der Waals surface area contributed by atoms with Crippen molar-refractivity contribution in [2.45, 2.75) is 51.6 Å². The Bertz CT molecular complexity index is 486. The maximum Gasteiger partial charge on any atom is 0.242 e. The molecule has 1 unspecified atom stereocenters. The van der Waals surface area contributed by atoms with Gasteiger partial charge in [0.25, 0.3) is 0 Å². The minimum Gasteiger partial charge on any atom is -0.337 e. The summed E-state index contributed by atoms with van der Waals surface area (Å²) in [7, 11) is 0. The standard InChI is InChI=1S/C17H25FN2O.ClH/c1-3-10-17(2,19)16(21)20(11-13-4-5-13)12-14-6-8-15(18)9-7-14;/h6-9,13H,3-5,10-12,19H2,1-2H3;1H. The maximum absolute atomic E-state index is 13.0. The van der Waals surface area contributed by atoms with Crippen LogP contribution in [0.2, 0.25) is 0 Å². The molecule has 1 amide bonds. The van der Waals surface area contributed by atoms with E-state index in [2.05, 4.69) is 0 Å². The van der Waals surface area contributed by atoms with E-state index in [1.807, 2.05) is 18.7 Å². The van der Waals surface area contributed by atoms with Crippen molar-refractivity contribution < 1.29 is 9.18 Å². The number of carbonyl (C=O) groups excluding carboxylic acids is 1. The fourth-order valence-corrected chi connectivity index (χ4v) is 2.63. The molecule has 124 valence electrons. The van der Waals surface area contributed by atoms with E-state index in [-0.39, 0.29) is 24.1 Å². The molecule has 1 fully saturated rings. The van der Waals surface area contributed by atoms with Crippen LogP contribution < -0.4 is 5.73 Å². The lowest BCUT2D eigenvalue weighted by atomic mass is 9.95. The van der Waals surface area contributed by atoms with Gasteiger partial charge in [0, 0.05) is 13.1 Å². The van der Waals surface area contributed by atoms with Crippen LogP contribution in [-0.4, -0.2) is 22.9 Å². The number of rotatable bonds is 7. The van der Waals surface area contributed by atoms with Gasteiger partial charge in [0.05, 0.1) is 5.54 Å². The number of nitrogens with two attached hydrogens (primary N) is 1. The lowest BCUT2D eigenvalue weighted by molar-refractivity contribution is -0.137. The number of nitrogens with zero attached hydrogens (tertiary/aromatic N) is 1. The van der Waals surface area contributed by atoms with Gasteiger partial charge in [-0.25, -0.2) is 4.39 Å². The summed E-state index contributed by atoms with van der Waals surface area (Å²) < 4.78 is 13.0. The van der Waals surface area contributed by atoms with E-state index in [0.717, 1.165) is 18.5 Å². The van der Waals surface area contributed by atoms with Crippen molar-refractivity contribution in [3.63, 3.8) is 0 Å². The second-order valence-electron chi connectivity index (χ2n) is 6.42. The first-order valence-corrected chi connectivity index (χ1v) is 7.75. The third-order valence-electron chi connectivity index (χ3n) is 4.01. The second-order valence-corrected chi connectivity index (χ2v) is 6.42. The smallest absolute Gasteiger partial charge is 0.242 e.